The highest BCUT2D eigenvalue weighted by atomic mass is 16.5. The number of rotatable bonds is 47. The average Bonchev–Trinajstić information content (AvgIpc) is 3.24. The Morgan fingerprint density at radius 3 is 1.43 bits per heavy atom. The summed E-state index contributed by atoms with van der Waals surface area (Å²) < 4.78 is 5.48. The molecular weight excluding hydrogens is 771 g/mol. The number of aliphatic hydroxyl groups excluding tert-OH is 1. The Morgan fingerprint density at radius 1 is 0.492 bits per heavy atom. The maximum absolute atomic E-state index is 12.9. The molecule has 0 spiro atoms. The molecule has 3 amide bonds. The topological polar surface area (TPSA) is 178 Å². The first-order chi connectivity index (χ1) is 29.8. The number of aliphatic hydroxyl groups is 1. The van der Waals surface area contributed by atoms with Gasteiger partial charge in [-0.1, -0.05) is 167 Å². The molecule has 0 bridgehead atoms. The van der Waals surface area contributed by atoms with E-state index >= 15 is 0 Å². The highest BCUT2D eigenvalue weighted by molar-refractivity contribution is 5.80. The molecule has 0 unspecified atom stereocenters. The summed E-state index contributed by atoms with van der Waals surface area (Å²) in [6.07, 6.45) is 37.3. The normalized spacial score (nSPS) is 12.4. The molecule has 358 valence electrons. The van der Waals surface area contributed by atoms with Gasteiger partial charge in [0, 0.05) is 25.9 Å². The van der Waals surface area contributed by atoms with Crippen LogP contribution in [-0.4, -0.2) is 92.1 Å². The van der Waals surface area contributed by atoms with Gasteiger partial charge < -0.3 is 41.5 Å². The van der Waals surface area contributed by atoms with Gasteiger partial charge in [-0.25, -0.2) is 4.79 Å². The molecule has 0 heterocycles. The number of hydrogen-bond donors (Lipinski definition) is 7. The molecule has 12 nitrogen and oxygen atoms in total. The van der Waals surface area contributed by atoms with Gasteiger partial charge in [-0.15, -0.1) is 0 Å². The van der Waals surface area contributed by atoms with Crippen LogP contribution >= 0.6 is 0 Å². The van der Waals surface area contributed by atoms with E-state index in [0.717, 1.165) is 84.0 Å². The molecule has 12 heteroatoms. The molecule has 61 heavy (non-hydrogen) atoms. The van der Waals surface area contributed by atoms with Crippen molar-refractivity contribution in [2.45, 2.75) is 231 Å². The zero-order valence-electron chi connectivity index (χ0n) is 39.3. The van der Waals surface area contributed by atoms with Crippen LogP contribution in [0.5, 0.6) is 0 Å². The minimum Gasteiger partial charge on any atom is -0.481 e. The summed E-state index contributed by atoms with van der Waals surface area (Å²) >= 11 is 0. The van der Waals surface area contributed by atoms with Gasteiger partial charge in [-0.05, 0) is 71.1 Å². The van der Waals surface area contributed by atoms with Crippen molar-refractivity contribution in [3.05, 3.63) is 12.2 Å². The third-order valence-electron chi connectivity index (χ3n) is 11.1. The maximum atomic E-state index is 12.9. The average molecular weight is 866 g/mol. The summed E-state index contributed by atoms with van der Waals surface area (Å²) in [7, 11) is 0. The quantitative estimate of drug-likeness (QED) is 0.0232. The van der Waals surface area contributed by atoms with Crippen molar-refractivity contribution in [1.82, 2.24) is 26.6 Å². The van der Waals surface area contributed by atoms with E-state index in [9.17, 15) is 24.3 Å². The van der Waals surface area contributed by atoms with Crippen LogP contribution in [0.15, 0.2) is 12.2 Å². The summed E-state index contributed by atoms with van der Waals surface area (Å²) in [6, 6.07) is -0.707. The first-order valence-electron chi connectivity index (χ1n) is 25.2. The number of aliphatic carboxylic acids is 1. The van der Waals surface area contributed by atoms with Crippen LogP contribution < -0.4 is 26.6 Å². The van der Waals surface area contributed by atoms with E-state index in [1.54, 1.807) is 6.08 Å². The molecule has 2 atom stereocenters. The highest BCUT2D eigenvalue weighted by Crippen LogP contribution is 2.14. The van der Waals surface area contributed by atoms with Crippen LogP contribution in [0.3, 0.4) is 0 Å². The maximum Gasteiger partial charge on any atom is 0.407 e. The van der Waals surface area contributed by atoms with E-state index < -0.39 is 24.2 Å². The van der Waals surface area contributed by atoms with Crippen molar-refractivity contribution in [3.63, 3.8) is 0 Å². The van der Waals surface area contributed by atoms with Gasteiger partial charge in [-0.3, -0.25) is 14.4 Å². The standard InChI is InChI=1S/C49H95N5O7/c1-3-5-7-9-11-13-15-17-19-21-23-25-27-33-45(55)44(54-47(57)34-28-26-24-22-20-18-16-14-12-10-8-6-4-2)43-61-49(60)53-42-32-40-51-38-30-29-37-50-39-31-41-52-46(56)35-36-48(58)59/h27,33,44-45,50-51,55H,3-26,28-32,34-43H2,1-2H3,(H,52,56)(H,53,60)(H,54,57)(H,58,59)/b33-27+/t44-,45+/m0/s1. The number of nitrogens with one attached hydrogen (secondary N) is 5. The van der Waals surface area contributed by atoms with Gasteiger partial charge in [-0.2, -0.15) is 0 Å². The van der Waals surface area contributed by atoms with Crippen LogP contribution in [0, 0.1) is 0 Å². The largest absolute Gasteiger partial charge is 0.481 e. The zero-order chi connectivity index (χ0) is 44.7. The molecule has 0 aromatic rings. The van der Waals surface area contributed by atoms with Crippen molar-refractivity contribution < 1.29 is 34.1 Å². The number of alkyl carbamates (subject to hydrolysis) is 1. The third kappa shape index (κ3) is 45.1. The Bertz CT molecular complexity index is 1050. The molecule has 0 radical (unpaired) electrons. The molecule has 0 aromatic heterocycles. The van der Waals surface area contributed by atoms with E-state index in [1.165, 1.54) is 128 Å². The Kier molecular flexibility index (Phi) is 44.7. The van der Waals surface area contributed by atoms with E-state index in [1.807, 2.05) is 6.08 Å². The molecule has 0 aliphatic rings. The fourth-order valence-electron chi connectivity index (χ4n) is 7.22. The van der Waals surface area contributed by atoms with Gasteiger partial charge in [0.15, 0.2) is 0 Å². The highest BCUT2D eigenvalue weighted by Gasteiger charge is 2.21. The molecule has 0 saturated heterocycles. The monoisotopic (exact) mass is 866 g/mol. The van der Waals surface area contributed by atoms with Gasteiger partial charge in [0.25, 0.3) is 0 Å². The fraction of sp³-hybridized carbons (Fsp3) is 0.878. The number of carboxylic acid groups (broad SMARTS) is 1. The lowest BCUT2D eigenvalue weighted by molar-refractivity contribution is -0.138. The molecule has 0 saturated carbocycles. The molecule has 0 aromatic carbocycles. The Hall–Kier alpha value is -2.70. The van der Waals surface area contributed by atoms with E-state index in [0.29, 0.717) is 19.5 Å². The summed E-state index contributed by atoms with van der Waals surface area (Å²) in [5.74, 6) is -1.31. The summed E-state index contributed by atoms with van der Waals surface area (Å²) in [6.45, 7) is 8.70. The molecule has 0 aliphatic heterocycles. The minimum atomic E-state index is -0.967. The Balaban J connectivity index is 4.35. The van der Waals surface area contributed by atoms with Crippen LogP contribution in [0.25, 0.3) is 0 Å². The second kappa shape index (κ2) is 46.8. The van der Waals surface area contributed by atoms with Crippen molar-refractivity contribution in [3.8, 4) is 0 Å². The van der Waals surface area contributed by atoms with Gasteiger partial charge in [0.05, 0.1) is 18.6 Å². The van der Waals surface area contributed by atoms with Crippen LogP contribution in [-0.2, 0) is 19.1 Å². The van der Waals surface area contributed by atoms with Gasteiger partial charge in [0.2, 0.25) is 11.8 Å². The number of amides is 3. The molecule has 0 aliphatic carbocycles. The third-order valence-corrected chi connectivity index (χ3v) is 11.1. The minimum absolute atomic E-state index is 0.0134. The lowest BCUT2D eigenvalue weighted by atomic mass is 10.0. The fourth-order valence-corrected chi connectivity index (χ4v) is 7.22. The van der Waals surface area contributed by atoms with Crippen molar-refractivity contribution in [1.29, 1.82) is 0 Å². The van der Waals surface area contributed by atoms with Crippen LogP contribution in [0.1, 0.15) is 219 Å². The van der Waals surface area contributed by atoms with Gasteiger partial charge in [0.1, 0.15) is 6.61 Å². The summed E-state index contributed by atoms with van der Waals surface area (Å²) in [4.78, 5) is 47.5. The van der Waals surface area contributed by atoms with Crippen molar-refractivity contribution in [2.75, 3.05) is 45.9 Å². The number of unbranched alkanes of at least 4 members (excludes halogenated alkanes) is 24. The van der Waals surface area contributed by atoms with E-state index in [4.69, 9.17) is 9.84 Å². The molecule has 0 fully saturated rings. The van der Waals surface area contributed by atoms with E-state index in [2.05, 4.69) is 40.4 Å². The Labute approximate surface area is 373 Å². The number of carbonyl (C=O) groups excluding carboxylic acids is 3. The van der Waals surface area contributed by atoms with Crippen LogP contribution in [0.4, 0.5) is 4.79 Å². The summed E-state index contributed by atoms with van der Waals surface area (Å²) in [5.41, 5.74) is 0. The number of hydrogen-bond acceptors (Lipinski definition) is 8. The lowest BCUT2D eigenvalue weighted by Gasteiger charge is -2.22. The smallest absolute Gasteiger partial charge is 0.407 e. The predicted molar refractivity (Wildman–Crippen MR) is 252 cm³/mol. The second-order valence-electron chi connectivity index (χ2n) is 17.1. The SMILES string of the molecule is CCCCCCCCCCCCC/C=C/[C@@H](O)[C@H](COC(=O)NCCCNCCCCNCCCNC(=O)CCC(=O)O)NC(=O)CCCCCCCCCCCCCCC. The van der Waals surface area contributed by atoms with Crippen LogP contribution in [0.2, 0.25) is 0 Å². The second-order valence-corrected chi connectivity index (χ2v) is 17.1. The molecule has 7 N–H and O–H groups in total. The number of ether oxygens (including phenoxy) is 1. The van der Waals surface area contributed by atoms with Crippen molar-refractivity contribution >= 4 is 23.9 Å². The molecular formula is C49H95N5O7. The number of carbonyl (C=O) groups is 4. The number of allylic oxidation sites excluding steroid dienone is 1. The first-order valence-corrected chi connectivity index (χ1v) is 25.2. The molecule has 0 rings (SSSR count). The predicted octanol–water partition coefficient (Wildman–Crippen LogP) is 10.0. The number of carboxylic acids is 1. The van der Waals surface area contributed by atoms with Gasteiger partial charge >= 0.3 is 12.1 Å². The van der Waals surface area contributed by atoms with E-state index in [-0.39, 0.29) is 31.3 Å². The van der Waals surface area contributed by atoms with Crippen molar-refractivity contribution in [2.24, 2.45) is 0 Å². The Morgan fingerprint density at radius 2 is 0.934 bits per heavy atom. The lowest BCUT2D eigenvalue weighted by Crippen LogP contribution is -2.46. The zero-order valence-corrected chi connectivity index (χ0v) is 39.3. The first kappa shape index (κ1) is 58.3. The summed E-state index contributed by atoms with van der Waals surface area (Å²) in [5, 5.41) is 34.8.